The second kappa shape index (κ2) is 12.4. The van der Waals surface area contributed by atoms with Crippen molar-refractivity contribution < 1.29 is 19.4 Å². The Morgan fingerprint density at radius 1 is 1.09 bits per heavy atom. The number of unbranched alkanes of at least 4 members (excludes halogenated alkanes) is 1. The van der Waals surface area contributed by atoms with Gasteiger partial charge in [-0.05, 0) is 30.7 Å². The molecule has 180 valence electrons. The maximum absolute atomic E-state index is 12.2. The van der Waals surface area contributed by atoms with Gasteiger partial charge in [0, 0.05) is 70.2 Å². The van der Waals surface area contributed by atoms with Crippen molar-refractivity contribution in [2.45, 2.75) is 32.6 Å². The van der Waals surface area contributed by atoms with Crippen LogP contribution in [0.2, 0.25) is 0 Å². The number of anilines is 1. The average molecular weight is 458 g/mol. The number of carbonyl (C=O) groups is 2. The zero-order valence-electron chi connectivity index (χ0n) is 19.6. The van der Waals surface area contributed by atoms with E-state index in [1.165, 1.54) is 0 Å². The van der Waals surface area contributed by atoms with E-state index >= 15 is 0 Å². The smallest absolute Gasteiger partial charge is 0.304 e. The quantitative estimate of drug-likeness (QED) is 0.505. The molecule has 2 aromatic rings. The molecule has 0 unspecified atom stereocenters. The molecule has 0 atom stereocenters. The van der Waals surface area contributed by atoms with Crippen LogP contribution in [0, 0.1) is 0 Å². The van der Waals surface area contributed by atoms with Gasteiger partial charge in [0.1, 0.15) is 12.4 Å². The number of carbonyl (C=O) groups excluding carboxylic acids is 1. The van der Waals surface area contributed by atoms with Crippen LogP contribution in [0.1, 0.15) is 32.6 Å². The summed E-state index contributed by atoms with van der Waals surface area (Å²) in [6.07, 6.45) is 4.30. The van der Waals surface area contributed by atoms with Crippen molar-refractivity contribution in [3.05, 3.63) is 30.5 Å². The molecule has 0 bridgehead atoms. The molecule has 9 heteroatoms. The van der Waals surface area contributed by atoms with Gasteiger partial charge < -0.3 is 20.1 Å². The van der Waals surface area contributed by atoms with Crippen molar-refractivity contribution in [1.82, 2.24) is 19.6 Å². The van der Waals surface area contributed by atoms with E-state index in [0.29, 0.717) is 19.6 Å². The van der Waals surface area contributed by atoms with E-state index in [4.69, 9.17) is 9.84 Å². The van der Waals surface area contributed by atoms with Crippen molar-refractivity contribution in [2.75, 3.05) is 51.2 Å². The largest absolute Gasteiger partial charge is 0.492 e. The molecule has 1 aromatic heterocycles. The van der Waals surface area contributed by atoms with Crippen molar-refractivity contribution >= 4 is 17.6 Å². The van der Waals surface area contributed by atoms with E-state index in [1.807, 2.05) is 31.3 Å². The van der Waals surface area contributed by atoms with Crippen LogP contribution in [-0.2, 0) is 16.6 Å². The van der Waals surface area contributed by atoms with Gasteiger partial charge in [0.25, 0.3) is 0 Å². The number of amides is 1. The van der Waals surface area contributed by atoms with Crippen LogP contribution in [0.15, 0.2) is 30.5 Å². The van der Waals surface area contributed by atoms with E-state index in [-0.39, 0.29) is 12.3 Å². The minimum atomic E-state index is -0.749. The third-order valence-electron chi connectivity index (χ3n) is 5.89. The molecule has 1 aliphatic heterocycles. The van der Waals surface area contributed by atoms with Gasteiger partial charge in [0.2, 0.25) is 5.91 Å². The Hall–Kier alpha value is -2.91. The second-order valence-corrected chi connectivity index (χ2v) is 8.38. The highest BCUT2D eigenvalue weighted by molar-refractivity contribution is 5.91. The number of carboxylic acid groups (broad SMARTS) is 1. The first-order valence-corrected chi connectivity index (χ1v) is 11.7. The normalized spacial score (nSPS) is 14.8. The number of aliphatic carboxylic acids is 1. The number of nitrogens with one attached hydrogen (secondary N) is 1. The van der Waals surface area contributed by atoms with E-state index in [0.717, 1.165) is 68.3 Å². The van der Waals surface area contributed by atoms with Gasteiger partial charge in [0.05, 0.1) is 12.1 Å². The van der Waals surface area contributed by atoms with Crippen molar-refractivity contribution in [2.24, 2.45) is 7.05 Å². The highest BCUT2D eigenvalue weighted by atomic mass is 16.5. The lowest BCUT2D eigenvalue weighted by atomic mass is 10.1. The third-order valence-corrected chi connectivity index (χ3v) is 5.89. The number of hydrogen-bond acceptors (Lipinski definition) is 6. The Morgan fingerprint density at radius 3 is 2.45 bits per heavy atom. The number of rotatable bonds is 12. The summed E-state index contributed by atoms with van der Waals surface area (Å²) in [5.74, 6) is 0.0239. The predicted molar refractivity (Wildman–Crippen MR) is 127 cm³/mol. The molecule has 0 aliphatic carbocycles. The Labute approximate surface area is 195 Å². The summed E-state index contributed by atoms with van der Waals surface area (Å²) in [6.45, 7) is 7.57. The summed E-state index contributed by atoms with van der Waals surface area (Å²) in [4.78, 5) is 27.5. The first-order valence-electron chi connectivity index (χ1n) is 11.7. The first-order chi connectivity index (χ1) is 16.0. The van der Waals surface area contributed by atoms with Gasteiger partial charge in [-0.3, -0.25) is 19.2 Å². The number of piperazine rings is 1. The lowest BCUT2D eigenvalue weighted by Gasteiger charge is -2.34. The molecular weight excluding hydrogens is 422 g/mol. The van der Waals surface area contributed by atoms with Crippen LogP contribution in [0.4, 0.5) is 5.69 Å². The number of hydrogen-bond donors (Lipinski definition) is 2. The Bertz CT molecular complexity index is 921. The minimum Gasteiger partial charge on any atom is -0.492 e. The topological polar surface area (TPSA) is 99.9 Å². The predicted octanol–water partition coefficient (Wildman–Crippen LogP) is 2.69. The van der Waals surface area contributed by atoms with Gasteiger partial charge in [0.15, 0.2) is 0 Å². The molecule has 1 aromatic carbocycles. The molecule has 3 rings (SSSR count). The summed E-state index contributed by atoms with van der Waals surface area (Å²) >= 11 is 0. The molecule has 1 fully saturated rings. The van der Waals surface area contributed by atoms with Crippen LogP contribution < -0.4 is 10.1 Å². The van der Waals surface area contributed by atoms with Crippen molar-refractivity contribution in [3.8, 4) is 17.0 Å². The fourth-order valence-electron chi connectivity index (χ4n) is 3.91. The monoisotopic (exact) mass is 457 g/mol. The van der Waals surface area contributed by atoms with E-state index in [1.54, 1.807) is 10.9 Å². The number of ether oxygens (including phenoxy) is 1. The molecule has 33 heavy (non-hydrogen) atoms. The lowest BCUT2D eigenvalue weighted by Crippen LogP contribution is -2.47. The maximum Gasteiger partial charge on any atom is 0.304 e. The van der Waals surface area contributed by atoms with E-state index in [2.05, 4.69) is 27.1 Å². The first kappa shape index (κ1) is 24.7. The molecule has 1 aliphatic rings. The Morgan fingerprint density at radius 2 is 1.82 bits per heavy atom. The summed E-state index contributed by atoms with van der Waals surface area (Å²) in [6, 6.07) is 7.65. The standard InChI is InChI=1S/C24H35N5O4/c1-3-4-5-23(30)26-19-6-7-22(20(18-19)21-8-10-25-27(21)2)33-17-16-29-14-12-28(13-15-29)11-9-24(31)32/h6-8,10,18H,3-5,9,11-17H2,1-2H3,(H,26,30)(H,31,32). The highest BCUT2D eigenvalue weighted by Crippen LogP contribution is 2.32. The molecule has 9 nitrogen and oxygen atoms in total. The SMILES string of the molecule is CCCCC(=O)Nc1ccc(OCCN2CCN(CCC(=O)O)CC2)c(-c2ccnn2C)c1. The zero-order valence-corrected chi connectivity index (χ0v) is 19.6. The van der Waals surface area contributed by atoms with Crippen molar-refractivity contribution in [3.63, 3.8) is 0 Å². The van der Waals surface area contributed by atoms with Gasteiger partial charge in [-0.15, -0.1) is 0 Å². The number of carboxylic acids is 1. The molecule has 1 amide bonds. The summed E-state index contributed by atoms with van der Waals surface area (Å²) in [7, 11) is 1.88. The van der Waals surface area contributed by atoms with E-state index in [9.17, 15) is 9.59 Å². The van der Waals surface area contributed by atoms with Crippen LogP contribution in [-0.4, -0.2) is 82.4 Å². The van der Waals surface area contributed by atoms with Crippen LogP contribution >= 0.6 is 0 Å². The second-order valence-electron chi connectivity index (χ2n) is 8.38. The lowest BCUT2D eigenvalue weighted by molar-refractivity contribution is -0.137. The van der Waals surface area contributed by atoms with Gasteiger partial charge in [-0.25, -0.2) is 0 Å². The molecular formula is C24H35N5O4. The molecule has 0 radical (unpaired) electrons. The van der Waals surface area contributed by atoms with Crippen LogP contribution in [0.25, 0.3) is 11.3 Å². The fraction of sp³-hybridized carbons (Fsp3) is 0.542. The summed E-state index contributed by atoms with van der Waals surface area (Å²) in [5.41, 5.74) is 2.56. The summed E-state index contributed by atoms with van der Waals surface area (Å²) in [5, 5.41) is 16.1. The number of aryl methyl sites for hydroxylation is 1. The van der Waals surface area contributed by atoms with Crippen LogP contribution in [0.5, 0.6) is 5.75 Å². The molecule has 2 heterocycles. The molecule has 0 spiro atoms. The zero-order chi connectivity index (χ0) is 23.6. The highest BCUT2D eigenvalue weighted by Gasteiger charge is 2.18. The number of aromatic nitrogens is 2. The van der Waals surface area contributed by atoms with Crippen LogP contribution in [0.3, 0.4) is 0 Å². The Balaban J connectivity index is 1.58. The average Bonchev–Trinajstić information content (AvgIpc) is 3.23. The Kier molecular flexibility index (Phi) is 9.26. The van der Waals surface area contributed by atoms with Gasteiger partial charge in [-0.2, -0.15) is 5.10 Å². The summed E-state index contributed by atoms with van der Waals surface area (Å²) < 4.78 is 7.96. The molecule has 2 N–H and O–H groups in total. The third kappa shape index (κ3) is 7.57. The number of nitrogens with zero attached hydrogens (tertiary/aromatic N) is 4. The van der Waals surface area contributed by atoms with E-state index < -0.39 is 5.97 Å². The molecule has 1 saturated heterocycles. The van der Waals surface area contributed by atoms with Gasteiger partial charge >= 0.3 is 5.97 Å². The van der Waals surface area contributed by atoms with Crippen molar-refractivity contribution in [1.29, 1.82) is 0 Å². The fourth-order valence-corrected chi connectivity index (χ4v) is 3.91. The minimum absolute atomic E-state index is 0.0176. The van der Waals surface area contributed by atoms with Gasteiger partial charge in [-0.1, -0.05) is 13.3 Å². The number of benzene rings is 1. The molecule has 0 saturated carbocycles. The maximum atomic E-state index is 12.2.